The molecule has 1 atom stereocenters. The summed E-state index contributed by atoms with van der Waals surface area (Å²) in [5, 5.41) is 0. The van der Waals surface area contributed by atoms with E-state index in [-0.39, 0.29) is 6.04 Å². The van der Waals surface area contributed by atoms with Gasteiger partial charge in [0.15, 0.2) is 0 Å². The molecule has 0 aliphatic heterocycles. The zero-order valence-electron chi connectivity index (χ0n) is 10.3. The minimum absolute atomic E-state index is 0.109. The Kier molecular flexibility index (Phi) is 5.11. The SMILES string of the molecule is Cc1ccccc1S(=O)(=O)NCCCC(C)N. The normalized spacial score (nSPS) is 13.6. The summed E-state index contributed by atoms with van der Waals surface area (Å²) < 4.78 is 26.5. The molecule has 0 saturated heterocycles. The van der Waals surface area contributed by atoms with Crippen molar-refractivity contribution in [1.82, 2.24) is 4.72 Å². The van der Waals surface area contributed by atoms with E-state index in [9.17, 15) is 8.42 Å². The first-order valence-corrected chi connectivity index (χ1v) is 7.22. The van der Waals surface area contributed by atoms with Gasteiger partial charge >= 0.3 is 0 Å². The molecule has 5 heteroatoms. The predicted molar refractivity (Wildman–Crippen MR) is 69.3 cm³/mol. The third kappa shape index (κ3) is 4.46. The van der Waals surface area contributed by atoms with Gasteiger partial charge in [-0.25, -0.2) is 13.1 Å². The molecule has 17 heavy (non-hydrogen) atoms. The van der Waals surface area contributed by atoms with E-state index in [1.165, 1.54) is 0 Å². The van der Waals surface area contributed by atoms with Crippen molar-refractivity contribution in [2.24, 2.45) is 5.73 Å². The highest BCUT2D eigenvalue weighted by Gasteiger charge is 2.14. The van der Waals surface area contributed by atoms with E-state index in [0.717, 1.165) is 18.4 Å². The van der Waals surface area contributed by atoms with E-state index in [1.54, 1.807) is 25.1 Å². The molecule has 1 rings (SSSR count). The zero-order valence-corrected chi connectivity index (χ0v) is 11.1. The summed E-state index contributed by atoms with van der Waals surface area (Å²) in [4.78, 5) is 0.348. The minimum atomic E-state index is -3.38. The number of hydrogen-bond acceptors (Lipinski definition) is 3. The lowest BCUT2D eigenvalue weighted by Crippen LogP contribution is -2.26. The van der Waals surface area contributed by atoms with Crippen molar-refractivity contribution in [3.05, 3.63) is 29.8 Å². The third-order valence-corrected chi connectivity index (χ3v) is 4.13. The highest BCUT2D eigenvalue weighted by molar-refractivity contribution is 7.89. The average Bonchev–Trinajstić information content (AvgIpc) is 2.24. The number of sulfonamides is 1. The molecule has 0 aliphatic rings. The predicted octanol–water partition coefficient (Wildman–Crippen LogP) is 1.40. The second kappa shape index (κ2) is 6.14. The summed E-state index contributed by atoms with van der Waals surface area (Å²) in [7, 11) is -3.38. The van der Waals surface area contributed by atoms with Crippen molar-refractivity contribution in [3.63, 3.8) is 0 Å². The molecule has 0 bridgehead atoms. The maximum Gasteiger partial charge on any atom is 0.240 e. The van der Waals surface area contributed by atoms with E-state index < -0.39 is 10.0 Å². The summed E-state index contributed by atoms with van der Waals surface area (Å²) in [6.45, 7) is 4.13. The van der Waals surface area contributed by atoms with Crippen molar-refractivity contribution in [2.45, 2.75) is 37.6 Å². The Hall–Kier alpha value is -0.910. The van der Waals surface area contributed by atoms with Gasteiger partial charge in [-0.15, -0.1) is 0 Å². The van der Waals surface area contributed by atoms with Crippen LogP contribution in [-0.4, -0.2) is 21.0 Å². The van der Waals surface area contributed by atoms with E-state index >= 15 is 0 Å². The Morgan fingerprint density at radius 3 is 2.59 bits per heavy atom. The maximum atomic E-state index is 12.0. The molecular formula is C12H20N2O2S. The van der Waals surface area contributed by atoms with Gasteiger partial charge in [-0.2, -0.15) is 0 Å². The van der Waals surface area contributed by atoms with Crippen LogP contribution >= 0.6 is 0 Å². The average molecular weight is 256 g/mol. The smallest absolute Gasteiger partial charge is 0.240 e. The van der Waals surface area contributed by atoms with Crippen LogP contribution in [0.25, 0.3) is 0 Å². The first-order valence-electron chi connectivity index (χ1n) is 5.74. The fourth-order valence-electron chi connectivity index (χ4n) is 1.57. The van der Waals surface area contributed by atoms with Gasteiger partial charge in [0.1, 0.15) is 0 Å². The fraction of sp³-hybridized carbons (Fsp3) is 0.500. The van der Waals surface area contributed by atoms with Crippen LogP contribution < -0.4 is 10.5 Å². The monoisotopic (exact) mass is 256 g/mol. The molecular weight excluding hydrogens is 236 g/mol. The van der Waals surface area contributed by atoms with Gasteiger partial charge in [0.25, 0.3) is 0 Å². The quantitative estimate of drug-likeness (QED) is 0.756. The van der Waals surface area contributed by atoms with Crippen molar-refractivity contribution < 1.29 is 8.42 Å². The van der Waals surface area contributed by atoms with Gasteiger partial charge in [0.05, 0.1) is 4.90 Å². The Morgan fingerprint density at radius 1 is 1.35 bits per heavy atom. The molecule has 1 aromatic carbocycles. The summed E-state index contributed by atoms with van der Waals surface area (Å²) in [5.41, 5.74) is 6.36. The molecule has 0 fully saturated rings. The zero-order chi connectivity index (χ0) is 12.9. The molecule has 96 valence electrons. The van der Waals surface area contributed by atoms with Gasteiger partial charge in [-0.3, -0.25) is 0 Å². The summed E-state index contributed by atoms with van der Waals surface area (Å²) in [5.74, 6) is 0. The molecule has 1 aromatic rings. The Bertz CT molecular complexity index is 455. The number of hydrogen-bond donors (Lipinski definition) is 2. The number of nitrogens with two attached hydrogens (primary N) is 1. The molecule has 0 aromatic heterocycles. The standard InChI is InChI=1S/C12H20N2O2S/c1-10-6-3-4-8-12(10)17(15,16)14-9-5-7-11(2)13/h3-4,6,8,11,14H,5,7,9,13H2,1-2H3. The molecule has 0 radical (unpaired) electrons. The van der Waals surface area contributed by atoms with Gasteiger partial charge in [0.2, 0.25) is 10.0 Å². The summed E-state index contributed by atoms with van der Waals surface area (Å²) >= 11 is 0. The van der Waals surface area contributed by atoms with Crippen molar-refractivity contribution >= 4 is 10.0 Å². The number of nitrogens with one attached hydrogen (secondary N) is 1. The molecule has 0 heterocycles. The first-order chi connectivity index (χ1) is 7.93. The van der Waals surface area contributed by atoms with E-state index in [4.69, 9.17) is 5.73 Å². The number of aryl methyl sites for hydroxylation is 1. The lowest BCUT2D eigenvalue weighted by atomic mass is 10.2. The molecule has 0 aliphatic carbocycles. The number of benzene rings is 1. The lowest BCUT2D eigenvalue weighted by molar-refractivity contribution is 0.567. The van der Waals surface area contributed by atoms with E-state index in [2.05, 4.69) is 4.72 Å². The van der Waals surface area contributed by atoms with Crippen molar-refractivity contribution in [2.75, 3.05) is 6.54 Å². The van der Waals surface area contributed by atoms with Gasteiger partial charge in [0, 0.05) is 12.6 Å². The van der Waals surface area contributed by atoms with Crippen LogP contribution in [0.1, 0.15) is 25.3 Å². The van der Waals surface area contributed by atoms with Gasteiger partial charge < -0.3 is 5.73 Å². The fourth-order valence-corrected chi connectivity index (χ4v) is 2.88. The molecule has 0 amide bonds. The van der Waals surface area contributed by atoms with Gasteiger partial charge in [-0.05, 0) is 38.3 Å². The van der Waals surface area contributed by atoms with E-state index in [0.29, 0.717) is 11.4 Å². The first kappa shape index (κ1) is 14.2. The van der Waals surface area contributed by atoms with Crippen LogP contribution in [0.4, 0.5) is 0 Å². The van der Waals surface area contributed by atoms with Crippen LogP contribution in [0.3, 0.4) is 0 Å². The lowest BCUT2D eigenvalue weighted by Gasteiger charge is -2.09. The molecule has 3 N–H and O–H groups in total. The molecule has 0 spiro atoms. The Labute approximate surface area is 103 Å². The summed E-state index contributed by atoms with van der Waals surface area (Å²) in [6.07, 6.45) is 1.57. The third-order valence-electron chi connectivity index (χ3n) is 2.51. The highest BCUT2D eigenvalue weighted by Crippen LogP contribution is 2.13. The number of rotatable bonds is 6. The van der Waals surface area contributed by atoms with Crippen LogP contribution in [0.15, 0.2) is 29.2 Å². The molecule has 0 saturated carbocycles. The highest BCUT2D eigenvalue weighted by atomic mass is 32.2. The molecule has 4 nitrogen and oxygen atoms in total. The van der Waals surface area contributed by atoms with Crippen molar-refractivity contribution in [1.29, 1.82) is 0 Å². The second-order valence-electron chi connectivity index (χ2n) is 4.28. The van der Waals surface area contributed by atoms with E-state index in [1.807, 2.05) is 13.0 Å². The largest absolute Gasteiger partial charge is 0.328 e. The van der Waals surface area contributed by atoms with Crippen LogP contribution in [-0.2, 0) is 10.0 Å². The Morgan fingerprint density at radius 2 is 2.00 bits per heavy atom. The molecule has 1 unspecified atom stereocenters. The topological polar surface area (TPSA) is 72.2 Å². The second-order valence-corrected chi connectivity index (χ2v) is 6.02. The van der Waals surface area contributed by atoms with Crippen LogP contribution in [0, 0.1) is 6.92 Å². The maximum absolute atomic E-state index is 12.0. The van der Waals surface area contributed by atoms with Crippen molar-refractivity contribution in [3.8, 4) is 0 Å². The van der Waals surface area contributed by atoms with Gasteiger partial charge in [-0.1, -0.05) is 18.2 Å². The van der Waals surface area contributed by atoms with Crippen LogP contribution in [0.5, 0.6) is 0 Å². The Balaban J connectivity index is 2.61. The summed E-state index contributed by atoms with van der Waals surface area (Å²) in [6, 6.07) is 7.06. The van der Waals surface area contributed by atoms with Crippen LogP contribution in [0.2, 0.25) is 0 Å². The minimum Gasteiger partial charge on any atom is -0.328 e.